The monoisotopic (exact) mass is 959 g/mol. The highest BCUT2D eigenvalue weighted by molar-refractivity contribution is 5.71. The predicted molar refractivity (Wildman–Crippen MR) is 293 cm³/mol. The lowest BCUT2D eigenvalue weighted by atomic mass is 10.0. The van der Waals surface area contributed by atoms with Crippen LogP contribution in [0.1, 0.15) is 348 Å². The Morgan fingerprint density at radius 2 is 0.485 bits per heavy atom. The maximum Gasteiger partial charge on any atom is 0.306 e. The summed E-state index contributed by atoms with van der Waals surface area (Å²) in [5, 5.41) is 0. The molecule has 0 rings (SSSR count). The van der Waals surface area contributed by atoms with Gasteiger partial charge in [-0.25, -0.2) is 0 Å². The Morgan fingerprint density at radius 3 is 0.735 bits per heavy atom. The van der Waals surface area contributed by atoms with Crippen molar-refractivity contribution in [1.29, 1.82) is 0 Å². The molecule has 0 aliphatic carbocycles. The van der Waals surface area contributed by atoms with Gasteiger partial charge >= 0.3 is 17.9 Å². The minimum absolute atomic E-state index is 0.0639. The molecule has 1 atom stereocenters. The lowest BCUT2D eigenvalue weighted by Crippen LogP contribution is -2.30. The van der Waals surface area contributed by atoms with Crippen LogP contribution >= 0.6 is 0 Å². The highest BCUT2D eigenvalue weighted by atomic mass is 16.6. The molecule has 0 saturated carbocycles. The molecule has 6 heteroatoms. The average Bonchev–Trinajstić information content (AvgIpc) is 3.34. The van der Waals surface area contributed by atoms with E-state index in [1.807, 2.05) is 0 Å². The molecule has 0 bridgehead atoms. The van der Waals surface area contributed by atoms with E-state index >= 15 is 0 Å². The van der Waals surface area contributed by atoms with E-state index in [2.05, 4.69) is 32.9 Å². The van der Waals surface area contributed by atoms with Gasteiger partial charge < -0.3 is 14.2 Å². The molecule has 0 aliphatic rings. The second-order valence-corrected chi connectivity index (χ2v) is 21.0. The smallest absolute Gasteiger partial charge is 0.306 e. The van der Waals surface area contributed by atoms with E-state index in [0.29, 0.717) is 19.3 Å². The van der Waals surface area contributed by atoms with Crippen molar-refractivity contribution in [2.24, 2.45) is 0 Å². The third-order valence-electron chi connectivity index (χ3n) is 14.0. The highest BCUT2D eigenvalue weighted by Crippen LogP contribution is 2.18. The Balaban J connectivity index is 4.13. The number of carbonyl (C=O) groups is 3. The zero-order chi connectivity index (χ0) is 49.3. The number of carbonyl (C=O) groups excluding carboxylic acids is 3. The molecule has 0 aromatic carbocycles. The first-order valence-corrected chi connectivity index (χ1v) is 30.7. The molecular weight excluding hydrogens is 841 g/mol. The summed E-state index contributed by atoms with van der Waals surface area (Å²) in [6.45, 7) is 6.68. The van der Waals surface area contributed by atoms with Gasteiger partial charge in [0.25, 0.3) is 0 Å². The zero-order valence-corrected chi connectivity index (χ0v) is 46.2. The Bertz CT molecular complexity index is 1060. The number of ether oxygens (including phenoxy) is 3. The van der Waals surface area contributed by atoms with Crippen LogP contribution < -0.4 is 0 Å². The summed E-state index contributed by atoms with van der Waals surface area (Å²) in [6.07, 6.45) is 66.6. The maximum atomic E-state index is 12.8. The van der Waals surface area contributed by atoms with Crippen molar-refractivity contribution in [1.82, 2.24) is 0 Å². The minimum Gasteiger partial charge on any atom is -0.462 e. The van der Waals surface area contributed by atoms with Crippen molar-refractivity contribution in [3.63, 3.8) is 0 Å². The number of unbranched alkanes of at least 4 members (excludes halogenated alkanes) is 44. The van der Waals surface area contributed by atoms with Crippen molar-refractivity contribution < 1.29 is 28.6 Å². The first kappa shape index (κ1) is 66.2. The van der Waals surface area contributed by atoms with E-state index in [1.54, 1.807) is 0 Å². The molecule has 1 unspecified atom stereocenters. The van der Waals surface area contributed by atoms with Crippen LogP contribution in [0.2, 0.25) is 0 Å². The summed E-state index contributed by atoms with van der Waals surface area (Å²) in [5.74, 6) is -0.841. The van der Waals surface area contributed by atoms with Gasteiger partial charge in [-0.15, -0.1) is 0 Å². The molecule has 402 valence electrons. The van der Waals surface area contributed by atoms with Gasteiger partial charge in [-0.3, -0.25) is 14.4 Å². The lowest BCUT2D eigenvalue weighted by molar-refractivity contribution is -0.167. The molecule has 0 aliphatic heterocycles. The van der Waals surface area contributed by atoms with Crippen molar-refractivity contribution in [2.45, 2.75) is 354 Å². The average molecular weight is 960 g/mol. The quantitative estimate of drug-likeness (QED) is 0.0262. The topological polar surface area (TPSA) is 78.9 Å². The second-order valence-electron chi connectivity index (χ2n) is 21.0. The summed E-state index contributed by atoms with van der Waals surface area (Å²) in [7, 11) is 0. The summed E-state index contributed by atoms with van der Waals surface area (Å²) in [4.78, 5) is 38.1. The number of hydrogen-bond acceptors (Lipinski definition) is 6. The van der Waals surface area contributed by atoms with Crippen LogP contribution in [0.4, 0.5) is 0 Å². The van der Waals surface area contributed by atoms with Gasteiger partial charge in [0.05, 0.1) is 0 Å². The third-order valence-corrected chi connectivity index (χ3v) is 14.0. The van der Waals surface area contributed by atoms with E-state index in [1.165, 1.54) is 250 Å². The molecule has 0 saturated heterocycles. The number of allylic oxidation sites excluding steroid dienone is 2. The molecule has 68 heavy (non-hydrogen) atoms. The van der Waals surface area contributed by atoms with Gasteiger partial charge in [-0.05, 0) is 44.9 Å². The molecule has 0 N–H and O–H groups in total. The lowest BCUT2D eigenvalue weighted by Gasteiger charge is -2.18. The SMILES string of the molecule is CCCCCCCCCC/C=C\CCCCCCCCCCCCCCCC(=O)OCC(COC(=O)CCCCCCCCCCC)OC(=O)CCCCCCCCCCCCCCCCCC. The summed E-state index contributed by atoms with van der Waals surface area (Å²) < 4.78 is 16.9. The summed E-state index contributed by atoms with van der Waals surface area (Å²) >= 11 is 0. The van der Waals surface area contributed by atoms with E-state index in [0.717, 1.165) is 57.8 Å². The Hall–Kier alpha value is -1.85. The van der Waals surface area contributed by atoms with Crippen molar-refractivity contribution >= 4 is 17.9 Å². The number of hydrogen-bond donors (Lipinski definition) is 0. The molecule has 6 nitrogen and oxygen atoms in total. The first-order valence-electron chi connectivity index (χ1n) is 30.7. The fourth-order valence-corrected chi connectivity index (χ4v) is 9.38. The maximum absolute atomic E-state index is 12.8. The molecule has 0 spiro atoms. The predicted octanol–water partition coefficient (Wildman–Crippen LogP) is 20.5. The highest BCUT2D eigenvalue weighted by Gasteiger charge is 2.19. The third kappa shape index (κ3) is 55.1. The number of esters is 3. The molecule has 0 aromatic rings. The standard InChI is InChI=1S/C62H118O6/c1-4-7-10-13-16-19-21-23-25-27-28-29-30-31-32-33-34-35-37-38-40-43-46-49-52-55-61(64)67-58-59(57-66-60(63)54-51-48-45-42-18-15-12-9-6-3)68-62(65)56-53-50-47-44-41-39-36-26-24-22-20-17-14-11-8-5-2/h27-28,59H,4-26,29-58H2,1-3H3/b28-27-. The fourth-order valence-electron chi connectivity index (χ4n) is 9.38. The van der Waals surface area contributed by atoms with Crippen molar-refractivity contribution in [3.8, 4) is 0 Å². The second kappa shape index (κ2) is 57.7. The minimum atomic E-state index is -0.763. The van der Waals surface area contributed by atoms with Crippen molar-refractivity contribution in [3.05, 3.63) is 12.2 Å². The largest absolute Gasteiger partial charge is 0.462 e. The van der Waals surface area contributed by atoms with E-state index in [9.17, 15) is 14.4 Å². The van der Waals surface area contributed by atoms with Crippen LogP contribution in [-0.4, -0.2) is 37.2 Å². The summed E-state index contributed by atoms with van der Waals surface area (Å²) in [5.41, 5.74) is 0. The Labute approximate surface area is 424 Å². The van der Waals surface area contributed by atoms with Crippen LogP contribution in [0, 0.1) is 0 Å². The van der Waals surface area contributed by atoms with Crippen LogP contribution in [0.15, 0.2) is 12.2 Å². The first-order chi connectivity index (χ1) is 33.5. The molecule has 0 aromatic heterocycles. The van der Waals surface area contributed by atoms with Gasteiger partial charge in [0.15, 0.2) is 6.10 Å². The summed E-state index contributed by atoms with van der Waals surface area (Å²) in [6, 6.07) is 0. The molecule has 0 radical (unpaired) electrons. The van der Waals surface area contributed by atoms with Gasteiger partial charge in [0.1, 0.15) is 13.2 Å². The van der Waals surface area contributed by atoms with E-state index in [4.69, 9.17) is 14.2 Å². The Kier molecular flexibility index (Phi) is 56.2. The Morgan fingerprint density at radius 1 is 0.279 bits per heavy atom. The van der Waals surface area contributed by atoms with Gasteiger partial charge in [0, 0.05) is 19.3 Å². The molecule has 0 fully saturated rings. The number of rotatable bonds is 57. The molecular formula is C62H118O6. The van der Waals surface area contributed by atoms with E-state index in [-0.39, 0.29) is 31.1 Å². The van der Waals surface area contributed by atoms with Gasteiger partial charge in [-0.2, -0.15) is 0 Å². The van der Waals surface area contributed by atoms with Crippen molar-refractivity contribution in [2.75, 3.05) is 13.2 Å². The van der Waals surface area contributed by atoms with Gasteiger partial charge in [-0.1, -0.05) is 296 Å². The molecule has 0 heterocycles. The van der Waals surface area contributed by atoms with Crippen LogP contribution in [-0.2, 0) is 28.6 Å². The molecule has 0 amide bonds. The fraction of sp³-hybridized carbons (Fsp3) is 0.919. The van der Waals surface area contributed by atoms with E-state index < -0.39 is 6.10 Å². The van der Waals surface area contributed by atoms with Crippen LogP contribution in [0.5, 0.6) is 0 Å². The normalized spacial score (nSPS) is 12.0. The van der Waals surface area contributed by atoms with Crippen LogP contribution in [0.3, 0.4) is 0 Å². The van der Waals surface area contributed by atoms with Crippen LogP contribution in [0.25, 0.3) is 0 Å². The zero-order valence-electron chi connectivity index (χ0n) is 46.2. The van der Waals surface area contributed by atoms with Gasteiger partial charge in [0.2, 0.25) is 0 Å².